The van der Waals surface area contributed by atoms with Gasteiger partial charge in [-0.25, -0.2) is 9.59 Å². The summed E-state index contributed by atoms with van der Waals surface area (Å²) < 4.78 is 11.3. The van der Waals surface area contributed by atoms with E-state index in [1.807, 2.05) is 78.8 Å². The first kappa shape index (κ1) is 53.8. The van der Waals surface area contributed by atoms with Crippen LogP contribution in [-0.4, -0.2) is 118 Å². The van der Waals surface area contributed by atoms with E-state index in [2.05, 4.69) is 10.6 Å². The van der Waals surface area contributed by atoms with Crippen LogP contribution in [0.15, 0.2) is 54.1 Å². The van der Waals surface area contributed by atoms with E-state index < -0.39 is 87.8 Å². The summed E-state index contributed by atoms with van der Waals surface area (Å²) in [6.45, 7) is 24.9. The molecule has 15 heteroatoms. The zero-order chi connectivity index (χ0) is 48.4. The third-order valence-electron chi connectivity index (χ3n) is 10.6. The Morgan fingerprint density at radius 3 is 1.79 bits per heavy atom. The third-order valence-corrected chi connectivity index (χ3v) is 10.6. The Morgan fingerprint density at radius 1 is 0.762 bits per heavy atom. The number of nitrogens with zero attached hydrogens (tertiary/aromatic N) is 3. The van der Waals surface area contributed by atoms with Crippen LogP contribution < -0.4 is 10.6 Å². The highest BCUT2D eigenvalue weighted by atomic mass is 16.6. The number of ketones is 1. The first-order chi connectivity index (χ1) is 28.8. The van der Waals surface area contributed by atoms with Gasteiger partial charge >= 0.3 is 12.1 Å². The Morgan fingerprint density at radius 2 is 1.30 bits per heavy atom. The van der Waals surface area contributed by atoms with Gasteiger partial charge in [0.05, 0.1) is 6.04 Å². The largest absolute Gasteiger partial charge is 0.458 e. The van der Waals surface area contributed by atoms with Crippen molar-refractivity contribution in [2.75, 3.05) is 20.6 Å². The maximum Gasteiger partial charge on any atom is 0.410 e. The van der Waals surface area contributed by atoms with E-state index in [0.29, 0.717) is 0 Å². The summed E-state index contributed by atoms with van der Waals surface area (Å²) in [5.74, 6) is -3.64. The van der Waals surface area contributed by atoms with Crippen molar-refractivity contribution >= 4 is 47.4 Å². The zero-order valence-corrected chi connectivity index (χ0v) is 40.5. The number of imide groups is 1. The first-order valence-electron chi connectivity index (χ1n) is 21.6. The lowest BCUT2D eigenvalue weighted by atomic mass is 9.76. The minimum atomic E-state index is -1.18. The molecular weight excluding hydrogens is 807 g/mol. The van der Waals surface area contributed by atoms with Gasteiger partial charge in [-0.05, 0) is 78.2 Å². The molecule has 1 aromatic rings. The lowest BCUT2D eigenvalue weighted by Gasteiger charge is -2.42. The van der Waals surface area contributed by atoms with Crippen molar-refractivity contribution in [1.82, 2.24) is 25.3 Å². The van der Waals surface area contributed by atoms with Crippen molar-refractivity contribution in [2.24, 2.45) is 11.3 Å². The number of likely N-dealkylation sites (N-methyl/N-ethyl adjacent to an activating group) is 2. The predicted octanol–water partition coefficient (Wildman–Crippen LogP) is 6.04. The van der Waals surface area contributed by atoms with Crippen LogP contribution in [0.25, 0.3) is 0 Å². The molecule has 0 saturated carbocycles. The SMILES string of the molecule is C/C(=C\[C@H](C(C)C)N(C)C(=O)[C@@H](NC(=O)[C@@H](N(C)C(=O)OC(C)(C)C)C(C)(C)c1ccccc1)C(C)(C)C)C(=O)N[C@H](CCC(=O)CCCN1C(=O)C=CC1=O)C(=O)OC(C)(C)C. The maximum atomic E-state index is 14.6. The molecule has 6 amide bonds. The Kier molecular flexibility index (Phi) is 18.6. The highest BCUT2D eigenvalue weighted by Gasteiger charge is 2.46. The number of carbonyl (C=O) groups is 8. The molecule has 1 aromatic carbocycles. The summed E-state index contributed by atoms with van der Waals surface area (Å²) >= 11 is 0. The van der Waals surface area contributed by atoms with Crippen LogP contribution in [0.2, 0.25) is 0 Å². The molecule has 2 rings (SSSR count). The summed E-state index contributed by atoms with van der Waals surface area (Å²) in [6.07, 6.45) is 3.46. The molecule has 1 aliphatic rings. The van der Waals surface area contributed by atoms with E-state index in [4.69, 9.17) is 9.47 Å². The summed E-state index contributed by atoms with van der Waals surface area (Å²) in [5, 5.41) is 5.72. The van der Waals surface area contributed by atoms with Crippen LogP contribution >= 0.6 is 0 Å². The van der Waals surface area contributed by atoms with Gasteiger partial charge in [-0.3, -0.25) is 38.6 Å². The second-order valence-electron chi connectivity index (χ2n) is 20.3. The van der Waals surface area contributed by atoms with E-state index in [9.17, 15) is 38.4 Å². The predicted molar refractivity (Wildman–Crippen MR) is 241 cm³/mol. The molecule has 0 unspecified atom stereocenters. The molecule has 1 heterocycles. The number of Topliss-reactive ketones (excluding diaryl/α,β-unsaturated/α-hetero) is 1. The molecule has 4 atom stereocenters. The molecule has 0 bridgehead atoms. The quantitative estimate of drug-likeness (QED) is 0.0942. The molecular formula is C48H73N5O10. The van der Waals surface area contributed by atoms with Gasteiger partial charge in [-0.1, -0.05) is 84.9 Å². The van der Waals surface area contributed by atoms with Gasteiger partial charge in [-0.15, -0.1) is 0 Å². The average molecular weight is 880 g/mol. The van der Waals surface area contributed by atoms with Crippen LogP contribution in [0.4, 0.5) is 4.79 Å². The summed E-state index contributed by atoms with van der Waals surface area (Å²) in [5.41, 5.74) is -2.49. The molecule has 0 aliphatic carbocycles. The smallest absolute Gasteiger partial charge is 0.410 e. The van der Waals surface area contributed by atoms with Gasteiger partial charge in [0.15, 0.2) is 0 Å². The number of hydrogen-bond donors (Lipinski definition) is 2. The number of ether oxygens (including phenoxy) is 2. The number of carbonyl (C=O) groups excluding carboxylic acids is 8. The summed E-state index contributed by atoms with van der Waals surface area (Å²) in [4.78, 5) is 110. The summed E-state index contributed by atoms with van der Waals surface area (Å²) in [7, 11) is 3.10. The number of amides is 6. The van der Waals surface area contributed by atoms with E-state index in [1.54, 1.807) is 61.6 Å². The van der Waals surface area contributed by atoms with Crippen molar-refractivity contribution in [1.29, 1.82) is 0 Å². The zero-order valence-electron chi connectivity index (χ0n) is 40.5. The molecule has 0 saturated heterocycles. The first-order valence-corrected chi connectivity index (χ1v) is 21.6. The van der Waals surface area contributed by atoms with Gasteiger partial charge in [0.2, 0.25) is 17.7 Å². The average Bonchev–Trinajstić information content (AvgIpc) is 3.47. The molecule has 0 fully saturated rings. The lowest BCUT2D eigenvalue weighted by molar-refractivity contribution is -0.158. The minimum Gasteiger partial charge on any atom is -0.458 e. The van der Waals surface area contributed by atoms with Crippen molar-refractivity contribution < 1.29 is 47.8 Å². The van der Waals surface area contributed by atoms with Gasteiger partial charge in [0.25, 0.3) is 11.8 Å². The minimum absolute atomic E-state index is 0.0555. The van der Waals surface area contributed by atoms with Crippen LogP contribution in [0.1, 0.15) is 128 Å². The van der Waals surface area contributed by atoms with Gasteiger partial charge < -0.3 is 25.0 Å². The Labute approximate surface area is 374 Å². The van der Waals surface area contributed by atoms with Crippen LogP contribution in [0.5, 0.6) is 0 Å². The maximum absolute atomic E-state index is 14.6. The molecule has 0 radical (unpaired) electrons. The van der Waals surface area contributed by atoms with Crippen molar-refractivity contribution in [3.05, 3.63) is 59.7 Å². The van der Waals surface area contributed by atoms with Crippen molar-refractivity contribution in [3.63, 3.8) is 0 Å². The number of hydrogen-bond acceptors (Lipinski definition) is 10. The van der Waals surface area contributed by atoms with Gasteiger partial charge in [0, 0.05) is 56.6 Å². The summed E-state index contributed by atoms with van der Waals surface area (Å²) in [6, 6.07) is 5.29. The Balaban J connectivity index is 2.38. The molecule has 350 valence electrons. The fraction of sp³-hybridized carbons (Fsp3) is 0.625. The van der Waals surface area contributed by atoms with Crippen LogP contribution in [0, 0.1) is 11.3 Å². The van der Waals surface area contributed by atoms with E-state index in [1.165, 1.54) is 29.0 Å². The van der Waals surface area contributed by atoms with Gasteiger partial charge in [0.1, 0.15) is 35.1 Å². The monoisotopic (exact) mass is 880 g/mol. The second-order valence-corrected chi connectivity index (χ2v) is 20.3. The molecule has 2 N–H and O–H groups in total. The Bertz CT molecular complexity index is 1880. The van der Waals surface area contributed by atoms with Crippen LogP contribution in [0.3, 0.4) is 0 Å². The number of benzene rings is 1. The standard InChI is InChI=1S/C48H73N5O10/c1-30(2)35(29-31(3)40(57)49-34(43(60)62-46(7,8)9)25-24-33(54)23-20-28-53-36(55)26-27-37(53)56)51(15)42(59)38(45(4,5)6)50-41(58)39(52(16)44(61)63-47(10,11)12)48(13,14)32-21-18-17-19-22-32/h17-19,21-22,26-27,29-30,34-35,38-39H,20,23-25,28H2,1-16H3,(H,49,57)(H,50,58)/b31-29+/t34-,35-,38-,39-/m1/s1. The fourth-order valence-corrected chi connectivity index (χ4v) is 7.17. The second kappa shape index (κ2) is 21.8. The molecule has 0 spiro atoms. The van der Waals surface area contributed by atoms with E-state index in [0.717, 1.165) is 10.5 Å². The molecule has 63 heavy (non-hydrogen) atoms. The van der Waals surface area contributed by atoms with Crippen LogP contribution in [-0.2, 0) is 48.5 Å². The van der Waals surface area contributed by atoms with Crippen molar-refractivity contribution in [2.45, 2.75) is 163 Å². The highest BCUT2D eigenvalue weighted by molar-refractivity contribution is 6.12. The van der Waals surface area contributed by atoms with E-state index in [-0.39, 0.29) is 49.5 Å². The number of nitrogens with one attached hydrogen (secondary N) is 2. The third kappa shape index (κ3) is 16.1. The van der Waals surface area contributed by atoms with E-state index >= 15 is 0 Å². The topological polar surface area (TPSA) is 189 Å². The van der Waals surface area contributed by atoms with Crippen molar-refractivity contribution in [3.8, 4) is 0 Å². The Hall–Kier alpha value is -5.34. The number of rotatable bonds is 19. The number of esters is 1. The fourth-order valence-electron chi connectivity index (χ4n) is 7.17. The van der Waals surface area contributed by atoms with Gasteiger partial charge in [-0.2, -0.15) is 0 Å². The molecule has 0 aromatic heterocycles. The normalized spacial score (nSPS) is 15.6. The highest BCUT2D eigenvalue weighted by Crippen LogP contribution is 2.32. The molecule has 1 aliphatic heterocycles. The lowest BCUT2D eigenvalue weighted by Crippen LogP contribution is -2.63. The molecule has 15 nitrogen and oxygen atoms in total.